The molecule has 2 unspecified atom stereocenters. The minimum Gasteiger partial charge on any atom is -0.350 e. The van der Waals surface area contributed by atoms with Gasteiger partial charge < -0.3 is 5.32 Å². The van der Waals surface area contributed by atoms with Crippen LogP contribution in [0.5, 0.6) is 0 Å². The monoisotopic (exact) mass is 359 g/mol. The first-order chi connectivity index (χ1) is 9.96. The van der Waals surface area contributed by atoms with Crippen molar-refractivity contribution in [3.05, 3.63) is 35.4 Å². The molecule has 1 aromatic carbocycles. The average Bonchev–Trinajstić information content (AvgIpc) is 2.44. The van der Waals surface area contributed by atoms with E-state index in [9.17, 15) is 13.6 Å². The molecule has 2 nitrogen and oxygen atoms in total. The number of benzene rings is 1. The molecular formula is C16H20BrF2NO. The van der Waals surface area contributed by atoms with Crippen molar-refractivity contribution < 1.29 is 13.6 Å². The van der Waals surface area contributed by atoms with Crippen LogP contribution in [0, 0.1) is 17.6 Å². The minimum atomic E-state index is -0.933. The largest absolute Gasteiger partial charge is 0.350 e. The SMILES string of the molecule is CC1CCCC(CBr)(NC(=O)Cc2cccc(F)c2F)C1. The molecule has 2 atom stereocenters. The zero-order valence-electron chi connectivity index (χ0n) is 12.1. The minimum absolute atomic E-state index is 0.0982. The van der Waals surface area contributed by atoms with Crippen molar-refractivity contribution in [2.24, 2.45) is 5.92 Å². The lowest BCUT2D eigenvalue weighted by Gasteiger charge is -2.39. The van der Waals surface area contributed by atoms with E-state index < -0.39 is 11.6 Å². The lowest BCUT2D eigenvalue weighted by atomic mass is 9.77. The van der Waals surface area contributed by atoms with Crippen LogP contribution < -0.4 is 5.32 Å². The van der Waals surface area contributed by atoms with E-state index in [2.05, 4.69) is 28.2 Å². The van der Waals surface area contributed by atoms with Gasteiger partial charge in [0.1, 0.15) is 0 Å². The van der Waals surface area contributed by atoms with Crippen LogP contribution in [0.1, 0.15) is 38.2 Å². The molecule has 1 N–H and O–H groups in total. The summed E-state index contributed by atoms with van der Waals surface area (Å²) in [6.07, 6.45) is 3.94. The predicted molar refractivity (Wildman–Crippen MR) is 82.4 cm³/mol. The Morgan fingerprint density at radius 1 is 1.48 bits per heavy atom. The normalized spacial score (nSPS) is 25.6. The van der Waals surface area contributed by atoms with E-state index in [1.165, 1.54) is 18.6 Å². The summed E-state index contributed by atoms with van der Waals surface area (Å²) in [4.78, 5) is 12.2. The molecule has 21 heavy (non-hydrogen) atoms. The number of amides is 1. The van der Waals surface area contributed by atoms with E-state index in [1.54, 1.807) is 0 Å². The van der Waals surface area contributed by atoms with Gasteiger partial charge in [-0.3, -0.25) is 4.79 Å². The molecule has 5 heteroatoms. The number of carbonyl (C=O) groups excluding carboxylic acids is 1. The van der Waals surface area contributed by atoms with Gasteiger partial charge in [0, 0.05) is 16.4 Å². The molecule has 1 saturated carbocycles. The molecule has 0 aromatic heterocycles. The van der Waals surface area contributed by atoms with Crippen molar-refractivity contribution in [1.29, 1.82) is 0 Å². The molecule has 1 aliphatic carbocycles. The van der Waals surface area contributed by atoms with E-state index >= 15 is 0 Å². The van der Waals surface area contributed by atoms with Gasteiger partial charge in [-0.25, -0.2) is 8.78 Å². The topological polar surface area (TPSA) is 29.1 Å². The Morgan fingerprint density at radius 2 is 2.24 bits per heavy atom. The zero-order valence-corrected chi connectivity index (χ0v) is 13.7. The van der Waals surface area contributed by atoms with Gasteiger partial charge in [0.25, 0.3) is 0 Å². The van der Waals surface area contributed by atoms with Crippen molar-refractivity contribution >= 4 is 21.8 Å². The Kier molecular flexibility index (Phi) is 5.36. The number of alkyl halides is 1. The second kappa shape index (κ2) is 6.86. The van der Waals surface area contributed by atoms with Gasteiger partial charge in [0.2, 0.25) is 5.91 Å². The fourth-order valence-electron chi connectivity index (χ4n) is 3.13. The third kappa shape index (κ3) is 4.02. The van der Waals surface area contributed by atoms with Crippen LogP contribution in [0.25, 0.3) is 0 Å². The first kappa shape index (κ1) is 16.4. The van der Waals surface area contributed by atoms with Gasteiger partial charge >= 0.3 is 0 Å². The molecule has 1 amide bonds. The maximum absolute atomic E-state index is 13.6. The summed E-state index contributed by atoms with van der Waals surface area (Å²) in [5.74, 6) is -1.55. The molecule has 2 rings (SSSR count). The Bertz CT molecular complexity index is 523. The fourth-order valence-corrected chi connectivity index (χ4v) is 3.78. The van der Waals surface area contributed by atoms with Crippen LogP contribution in [0.3, 0.4) is 0 Å². The van der Waals surface area contributed by atoms with Gasteiger partial charge in [-0.2, -0.15) is 0 Å². The second-order valence-corrected chi connectivity index (χ2v) is 6.61. The molecule has 0 spiro atoms. The van der Waals surface area contributed by atoms with Gasteiger partial charge in [0.15, 0.2) is 11.6 Å². The molecule has 0 bridgehead atoms. The highest BCUT2D eigenvalue weighted by Gasteiger charge is 2.35. The van der Waals surface area contributed by atoms with E-state index in [0.717, 1.165) is 25.3 Å². The van der Waals surface area contributed by atoms with Gasteiger partial charge in [-0.05, 0) is 24.8 Å². The summed E-state index contributed by atoms with van der Waals surface area (Å²) in [7, 11) is 0. The molecule has 0 aliphatic heterocycles. The maximum Gasteiger partial charge on any atom is 0.224 e. The summed E-state index contributed by atoms with van der Waals surface area (Å²) < 4.78 is 26.8. The summed E-state index contributed by atoms with van der Waals surface area (Å²) in [5.41, 5.74) is -0.167. The molecule has 1 fully saturated rings. The van der Waals surface area contributed by atoms with Crippen molar-refractivity contribution in [3.8, 4) is 0 Å². The maximum atomic E-state index is 13.6. The van der Waals surface area contributed by atoms with E-state index in [4.69, 9.17) is 0 Å². The highest BCUT2D eigenvalue weighted by Crippen LogP contribution is 2.33. The third-order valence-corrected chi connectivity index (χ3v) is 5.21. The molecule has 116 valence electrons. The quantitative estimate of drug-likeness (QED) is 0.809. The van der Waals surface area contributed by atoms with Gasteiger partial charge in [-0.15, -0.1) is 0 Å². The van der Waals surface area contributed by atoms with Crippen molar-refractivity contribution in [1.82, 2.24) is 5.32 Å². The van der Waals surface area contributed by atoms with Crippen molar-refractivity contribution in [3.63, 3.8) is 0 Å². The summed E-state index contributed by atoms with van der Waals surface area (Å²) in [5, 5.41) is 3.71. The van der Waals surface area contributed by atoms with E-state index in [0.29, 0.717) is 11.2 Å². The van der Waals surface area contributed by atoms with Crippen LogP contribution in [-0.4, -0.2) is 16.8 Å². The van der Waals surface area contributed by atoms with Crippen LogP contribution in [0.2, 0.25) is 0 Å². The highest BCUT2D eigenvalue weighted by atomic mass is 79.9. The summed E-state index contributed by atoms with van der Waals surface area (Å²) >= 11 is 3.49. The molecular weight excluding hydrogens is 340 g/mol. The standard InChI is InChI=1S/C16H20BrF2NO/c1-11-4-3-7-16(9-11,10-17)20-14(21)8-12-5-2-6-13(18)15(12)19/h2,5-6,11H,3-4,7-10H2,1H3,(H,20,21). The highest BCUT2D eigenvalue weighted by molar-refractivity contribution is 9.09. The zero-order chi connectivity index (χ0) is 15.5. The molecule has 1 aliphatic rings. The van der Waals surface area contributed by atoms with Crippen LogP contribution in [0.15, 0.2) is 18.2 Å². The lowest BCUT2D eigenvalue weighted by molar-refractivity contribution is -0.122. The number of carbonyl (C=O) groups is 1. The second-order valence-electron chi connectivity index (χ2n) is 6.05. The average molecular weight is 360 g/mol. The Morgan fingerprint density at radius 3 is 2.90 bits per heavy atom. The van der Waals surface area contributed by atoms with Crippen LogP contribution in [0.4, 0.5) is 8.78 Å². The first-order valence-electron chi connectivity index (χ1n) is 7.25. The number of hydrogen-bond donors (Lipinski definition) is 1. The van der Waals surface area contributed by atoms with Gasteiger partial charge in [0.05, 0.1) is 6.42 Å². The molecule has 0 radical (unpaired) electrons. The summed E-state index contributed by atoms with van der Waals surface area (Å²) in [6.45, 7) is 2.18. The Labute approximate surface area is 132 Å². The molecule has 1 aromatic rings. The molecule has 0 heterocycles. The van der Waals surface area contributed by atoms with Crippen molar-refractivity contribution in [2.45, 2.75) is 44.6 Å². The van der Waals surface area contributed by atoms with Crippen molar-refractivity contribution in [2.75, 3.05) is 5.33 Å². The number of halogens is 3. The smallest absolute Gasteiger partial charge is 0.224 e. The molecule has 0 saturated heterocycles. The van der Waals surface area contributed by atoms with Crippen LogP contribution in [-0.2, 0) is 11.2 Å². The number of hydrogen-bond acceptors (Lipinski definition) is 1. The van der Waals surface area contributed by atoms with E-state index in [1.807, 2.05) is 0 Å². The van der Waals surface area contributed by atoms with Crippen LogP contribution >= 0.6 is 15.9 Å². The predicted octanol–water partition coefficient (Wildman–Crippen LogP) is 3.97. The first-order valence-corrected chi connectivity index (χ1v) is 8.38. The Balaban J connectivity index is 2.05. The lowest BCUT2D eigenvalue weighted by Crippen LogP contribution is -2.53. The fraction of sp³-hybridized carbons (Fsp3) is 0.562. The summed E-state index contributed by atoms with van der Waals surface area (Å²) in [6, 6.07) is 3.92. The number of rotatable bonds is 4. The number of nitrogens with one attached hydrogen (secondary N) is 1. The van der Waals surface area contributed by atoms with E-state index in [-0.39, 0.29) is 23.4 Å². The Hall–Kier alpha value is -0.970. The third-order valence-electron chi connectivity index (χ3n) is 4.13. The van der Waals surface area contributed by atoms with Gasteiger partial charge in [-0.1, -0.05) is 47.8 Å².